The monoisotopic (exact) mass is 177 g/mol. The Morgan fingerprint density at radius 1 is 1.54 bits per heavy atom. The van der Waals surface area contributed by atoms with Crippen LogP contribution in [0.25, 0.3) is 6.08 Å². The number of rotatable bonds is 2. The maximum Gasteiger partial charge on any atom is 0.351 e. The SMILES string of the molecule is Cc1cccc(/C=C(/N)C(=O)O)c1. The van der Waals surface area contributed by atoms with Gasteiger partial charge in [0.1, 0.15) is 5.70 Å². The van der Waals surface area contributed by atoms with Gasteiger partial charge in [0.15, 0.2) is 0 Å². The normalized spacial score (nSPS) is 11.3. The fourth-order valence-corrected chi connectivity index (χ4v) is 1.00. The molecule has 0 atom stereocenters. The summed E-state index contributed by atoms with van der Waals surface area (Å²) < 4.78 is 0. The zero-order valence-corrected chi connectivity index (χ0v) is 7.32. The van der Waals surface area contributed by atoms with E-state index in [-0.39, 0.29) is 5.70 Å². The van der Waals surface area contributed by atoms with E-state index in [1.807, 2.05) is 31.2 Å². The third-order valence-electron chi connectivity index (χ3n) is 1.61. The number of carbonyl (C=O) groups is 1. The molecule has 1 aromatic carbocycles. The second-order valence-corrected chi connectivity index (χ2v) is 2.82. The maximum atomic E-state index is 10.4. The lowest BCUT2D eigenvalue weighted by atomic mass is 10.1. The van der Waals surface area contributed by atoms with Crippen molar-refractivity contribution in [3.8, 4) is 0 Å². The van der Waals surface area contributed by atoms with Crippen LogP contribution in [0.4, 0.5) is 0 Å². The number of hydrogen-bond donors (Lipinski definition) is 2. The lowest BCUT2D eigenvalue weighted by Crippen LogP contribution is -2.09. The highest BCUT2D eigenvalue weighted by atomic mass is 16.4. The second-order valence-electron chi connectivity index (χ2n) is 2.82. The molecule has 1 rings (SSSR count). The molecule has 0 heterocycles. The van der Waals surface area contributed by atoms with Gasteiger partial charge in [-0.3, -0.25) is 0 Å². The van der Waals surface area contributed by atoms with Crippen molar-refractivity contribution in [2.45, 2.75) is 6.92 Å². The van der Waals surface area contributed by atoms with E-state index in [1.165, 1.54) is 6.08 Å². The Bertz CT molecular complexity index is 356. The summed E-state index contributed by atoms with van der Waals surface area (Å²) in [6, 6.07) is 7.48. The average molecular weight is 177 g/mol. The Hall–Kier alpha value is -1.77. The van der Waals surface area contributed by atoms with Crippen LogP contribution in [-0.4, -0.2) is 11.1 Å². The summed E-state index contributed by atoms with van der Waals surface area (Å²) in [6.07, 6.45) is 1.44. The molecule has 3 nitrogen and oxygen atoms in total. The lowest BCUT2D eigenvalue weighted by Gasteiger charge is -1.96. The standard InChI is InChI=1S/C10H11NO2/c1-7-3-2-4-8(5-7)6-9(11)10(12)13/h2-6H,11H2,1H3,(H,12,13)/b9-6+. The van der Waals surface area contributed by atoms with Gasteiger partial charge < -0.3 is 10.8 Å². The van der Waals surface area contributed by atoms with Gasteiger partial charge in [-0.1, -0.05) is 29.8 Å². The largest absolute Gasteiger partial charge is 0.477 e. The molecular formula is C10H11NO2. The van der Waals surface area contributed by atoms with Gasteiger partial charge in [0.05, 0.1) is 0 Å². The minimum absolute atomic E-state index is 0.148. The number of benzene rings is 1. The van der Waals surface area contributed by atoms with Crippen LogP contribution in [0.5, 0.6) is 0 Å². The zero-order valence-electron chi connectivity index (χ0n) is 7.32. The highest BCUT2D eigenvalue weighted by Gasteiger charge is 2.00. The van der Waals surface area contributed by atoms with Crippen LogP contribution >= 0.6 is 0 Å². The van der Waals surface area contributed by atoms with Crippen molar-refractivity contribution in [1.82, 2.24) is 0 Å². The van der Waals surface area contributed by atoms with Gasteiger partial charge in [0.2, 0.25) is 0 Å². The molecule has 0 aliphatic heterocycles. The molecule has 0 fully saturated rings. The van der Waals surface area contributed by atoms with Crippen molar-refractivity contribution in [3.05, 3.63) is 41.1 Å². The lowest BCUT2D eigenvalue weighted by molar-refractivity contribution is -0.132. The summed E-state index contributed by atoms with van der Waals surface area (Å²) in [6.45, 7) is 1.94. The smallest absolute Gasteiger partial charge is 0.351 e. The fraction of sp³-hybridized carbons (Fsp3) is 0.100. The first kappa shape index (κ1) is 9.32. The third kappa shape index (κ3) is 2.63. The fourth-order valence-electron chi connectivity index (χ4n) is 1.00. The Morgan fingerprint density at radius 2 is 2.23 bits per heavy atom. The van der Waals surface area contributed by atoms with Gasteiger partial charge in [0, 0.05) is 0 Å². The van der Waals surface area contributed by atoms with Crippen molar-refractivity contribution >= 4 is 12.0 Å². The first-order valence-corrected chi connectivity index (χ1v) is 3.87. The van der Waals surface area contributed by atoms with Crippen LogP contribution in [0.1, 0.15) is 11.1 Å². The van der Waals surface area contributed by atoms with Gasteiger partial charge >= 0.3 is 5.97 Å². The summed E-state index contributed by atoms with van der Waals surface area (Å²) in [5, 5.41) is 8.52. The number of nitrogens with two attached hydrogens (primary N) is 1. The second kappa shape index (κ2) is 3.76. The number of hydrogen-bond acceptors (Lipinski definition) is 2. The minimum Gasteiger partial charge on any atom is -0.477 e. The molecule has 0 aliphatic carbocycles. The summed E-state index contributed by atoms with van der Waals surface area (Å²) >= 11 is 0. The third-order valence-corrected chi connectivity index (χ3v) is 1.61. The van der Waals surface area contributed by atoms with Crippen molar-refractivity contribution < 1.29 is 9.90 Å². The predicted molar refractivity (Wildman–Crippen MR) is 51.0 cm³/mol. The van der Waals surface area contributed by atoms with Gasteiger partial charge in [0.25, 0.3) is 0 Å². The quantitative estimate of drug-likeness (QED) is 0.671. The maximum absolute atomic E-state index is 10.4. The molecule has 0 spiro atoms. The summed E-state index contributed by atoms with van der Waals surface area (Å²) in [5.74, 6) is -1.10. The van der Waals surface area contributed by atoms with E-state index in [2.05, 4.69) is 0 Å². The number of aryl methyl sites for hydroxylation is 1. The summed E-state index contributed by atoms with van der Waals surface area (Å²) in [5.41, 5.74) is 6.99. The van der Waals surface area contributed by atoms with E-state index in [4.69, 9.17) is 10.8 Å². The Labute approximate surface area is 76.5 Å². The number of carboxylic acids is 1. The molecule has 0 amide bonds. The number of aliphatic carboxylic acids is 1. The van der Waals surface area contributed by atoms with Gasteiger partial charge in [-0.25, -0.2) is 4.79 Å². The molecule has 13 heavy (non-hydrogen) atoms. The summed E-state index contributed by atoms with van der Waals surface area (Å²) in [7, 11) is 0. The molecular weight excluding hydrogens is 166 g/mol. The highest BCUT2D eigenvalue weighted by Crippen LogP contribution is 2.06. The van der Waals surface area contributed by atoms with E-state index in [1.54, 1.807) is 0 Å². The average Bonchev–Trinajstić information content (AvgIpc) is 2.04. The molecule has 0 saturated heterocycles. The highest BCUT2D eigenvalue weighted by molar-refractivity contribution is 5.90. The van der Waals surface area contributed by atoms with Gasteiger partial charge in [-0.05, 0) is 18.6 Å². The molecule has 3 N–H and O–H groups in total. The molecule has 0 unspecified atom stereocenters. The van der Waals surface area contributed by atoms with Crippen LogP contribution in [0, 0.1) is 6.92 Å². The van der Waals surface area contributed by atoms with E-state index in [9.17, 15) is 4.79 Å². The Morgan fingerprint density at radius 3 is 2.77 bits per heavy atom. The molecule has 0 aliphatic rings. The first-order valence-electron chi connectivity index (χ1n) is 3.87. The van der Waals surface area contributed by atoms with Crippen LogP contribution in [-0.2, 0) is 4.79 Å². The molecule has 3 heteroatoms. The Balaban J connectivity index is 2.97. The van der Waals surface area contributed by atoms with Crippen LogP contribution in [0.3, 0.4) is 0 Å². The van der Waals surface area contributed by atoms with Crippen molar-refractivity contribution in [2.75, 3.05) is 0 Å². The van der Waals surface area contributed by atoms with Crippen molar-refractivity contribution in [1.29, 1.82) is 0 Å². The predicted octanol–water partition coefficient (Wildman–Crippen LogP) is 1.38. The molecule has 0 saturated carbocycles. The van der Waals surface area contributed by atoms with E-state index < -0.39 is 5.97 Å². The van der Waals surface area contributed by atoms with Crippen LogP contribution < -0.4 is 5.73 Å². The van der Waals surface area contributed by atoms with Crippen LogP contribution in [0.15, 0.2) is 30.0 Å². The first-order chi connectivity index (χ1) is 6.09. The number of carboxylic acid groups (broad SMARTS) is 1. The van der Waals surface area contributed by atoms with Crippen LogP contribution in [0.2, 0.25) is 0 Å². The van der Waals surface area contributed by atoms with Gasteiger partial charge in [-0.2, -0.15) is 0 Å². The zero-order chi connectivity index (χ0) is 9.84. The molecule has 0 radical (unpaired) electrons. The Kier molecular flexibility index (Phi) is 2.69. The topological polar surface area (TPSA) is 63.3 Å². The van der Waals surface area contributed by atoms with E-state index in [0.29, 0.717) is 0 Å². The summed E-state index contributed by atoms with van der Waals surface area (Å²) in [4.78, 5) is 10.4. The molecule has 1 aromatic rings. The van der Waals surface area contributed by atoms with Crippen molar-refractivity contribution in [3.63, 3.8) is 0 Å². The molecule has 68 valence electrons. The molecule has 0 bridgehead atoms. The minimum atomic E-state index is -1.10. The van der Waals surface area contributed by atoms with E-state index in [0.717, 1.165) is 11.1 Å². The van der Waals surface area contributed by atoms with Gasteiger partial charge in [-0.15, -0.1) is 0 Å². The molecule has 0 aromatic heterocycles. The van der Waals surface area contributed by atoms with E-state index >= 15 is 0 Å². The van der Waals surface area contributed by atoms with Crippen molar-refractivity contribution in [2.24, 2.45) is 5.73 Å².